The van der Waals surface area contributed by atoms with Crippen LogP contribution >= 0.6 is 0 Å². The molecule has 12 heavy (non-hydrogen) atoms. The molecule has 2 heterocycles. The maximum Gasteiger partial charge on any atom is 0.111 e. The number of aliphatic hydroxyl groups excluding tert-OH is 3. The molecule has 4 N–H and O–H groups in total. The Balaban J connectivity index is 2.10. The summed E-state index contributed by atoms with van der Waals surface area (Å²) in [5, 5.41) is 31.2. The molecule has 0 aromatic carbocycles. The fourth-order valence-electron chi connectivity index (χ4n) is 1.93. The lowest BCUT2D eigenvalue weighted by Gasteiger charge is -2.39. The topological polar surface area (TPSA) is 76.0 Å². The third kappa shape index (κ3) is 1.14. The SMILES string of the molecule is O[C@@H]1[C@@H](O)[C@@H]2NCCN2C[C@H]1O. The molecule has 4 atom stereocenters. The van der Waals surface area contributed by atoms with E-state index in [-0.39, 0.29) is 6.17 Å². The zero-order chi connectivity index (χ0) is 8.72. The van der Waals surface area contributed by atoms with E-state index in [1.807, 2.05) is 4.90 Å². The summed E-state index contributed by atoms with van der Waals surface area (Å²) in [5.74, 6) is 0. The van der Waals surface area contributed by atoms with E-state index in [1.165, 1.54) is 0 Å². The summed E-state index contributed by atoms with van der Waals surface area (Å²) < 4.78 is 0. The minimum Gasteiger partial charge on any atom is -0.389 e. The first-order chi connectivity index (χ1) is 5.70. The summed E-state index contributed by atoms with van der Waals surface area (Å²) in [7, 11) is 0. The van der Waals surface area contributed by atoms with E-state index in [2.05, 4.69) is 5.32 Å². The highest BCUT2D eigenvalue weighted by Gasteiger charge is 2.43. The van der Waals surface area contributed by atoms with Crippen LogP contribution in [0, 0.1) is 0 Å². The lowest BCUT2D eigenvalue weighted by Crippen LogP contribution is -2.61. The molecule has 70 valence electrons. The first-order valence-electron chi connectivity index (χ1n) is 4.22. The first kappa shape index (κ1) is 8.40. The standard InChI is InChI=1S/C7H14N2O3/c10-4-3-9-2-1-8-7(9)6(12)5(4)11/h4-8,10-12H,1-3H2/t4-,5+,6-,7-/m1/s1. The molecule has 0 unspecified atom stereocenters. The number of rotatable bonds is 0. The fourth-order valence-corrected chi connectivity index (χ4v) is 1.93. The van der Waals surface area contributed by atoms with Crippen molar-refractivity contribution in [1.82, 2.24) is 10.2 Å². The van der Waals surface area contributed by atoms with Crippen molar-refractivity contribution in [3.8, 4) is 0 Å². The Hall–Kier alpha value is -0.200. The molecule has 2 rings (SSSR count). The largest absolute Gasteiger partial charge is 0.389 e. The molecule has 0 spiro atoms. The second-order valence-electron chi connectivity index (χ2n) is 3.44. The van der Waals surface area contributed by atoms with Gasteiger partial charge < -0.3 is 15.3 Å². The highest BCUT2D eigenvalue weighted by atomic mass is 16.4. The Labute approximate surface area is 70.6 Å². The van der Waals surface area contributed by atoms with Crippen molar-refractivity contribution in [2.75, 3.05) is 19.6 Å². The molecule has 0 amide bonds. The van der Waals surface area contributed by atoms with Crippen molar-refractivity contribution >= 4 is 0 Å². The van der Waals surface area contributed by atoms with Crippen molar-refractivity contribution in [1.29, 1.82) is 0 Å². The number of nitrogens with zero attached hydrogens (tertiary/aromatic N) is 1. The van der Waals surface area contributed by atoms with Crippen LogP contribution in [0.1, 0.15) is 0 Å². The van der Waals surface area contributed by atoms with Gasteiger partial charge in [-0.1, -0.05) is 0 Å². The van der Waals surface area contributed by atoms with Crippen LogP contribution in [0.25, 0.3) is 0 Å². The molecule has 2 aliphatic rings. The van der Waals surface area contributed by atoms with Gasteiger partial charge in [0.15, 0.2) is 0 Å². The molecule has 2 aliphatic heterocycles. The number of piperidine rings is 1. The normalized spacial score (nSPS) is 49.2. The number of aliphatic hydroxyl groups is 3. The average Bonchev–Trinajstić information content (AvgIpc) is 2.48. The van der Waals surface area contributed by atoms with Crippen LogP contribution < -0.4 is 5.32 Å². The first-order valence-corrected chi connectivity index (χ1v) is 4.22. The molecule has 2 saturated heterocycles. The molecule has 5 nitrogen and oxygen atoms in total. The van der Waals surface area contributed by atoms with Gasteiger partial charge in [0, 0.05) is 19.6 Å². The number of hydrogen-bond donors (Lipinski definition) is 4. The molecule has 0 saturated carbocycles. The van der Waals surface area contributed by atoms with E-state index in [1.54, 1.807) is 0 Å². The van der Waals surface area contributed by atoms with Crippen LogP contribution in [-0.2, 0) is 0 Å². The van der Waals surface area contributed by atoms with Crippen LogP contribution in [0.5, 0.6) is 0 Å². The van der Waals surface area contributed by atoms with Gasteiger partial charge in [-0.05, 0) is 0 Å². The van der Waals surface area contributed by atoms with Crippen LogP contribution in [-0.4, -0.2) is 64.3 Å². The van der Waals surface area contributed by atoms with Crippen molar-refractivity contribution in [3.05, 3.63) is 0 Å². The van der Waals surface area contributed by atoms with E-state index in [9.17, 15) is 15.3 Å². The van der Waals surface area contributed by atoms with E-state index >= 15 is 0 Å². The Kier molecular flexibility index (Phi) is 2.05. The van der Waals surface area contributed by atoms with Gasteiger partial charge in [0.2, 0.25) is 0 Å². The van der Waals surface area contributed by atoms with Gasteiger partial charge in [0.1, 0.15) is 12.2 Å². The number of hydrogen-bond acceptors (Lipinski definition) is 5. The smallest absolute Gasteiger partial charge is 0.111 e. The molecular formula is C7H14N2O3. The molecule has 5 heteroatoms. The van der Waals surface area contributed by atoms with Gasteiger partial charge in [0.25, 0.3) is 0 Å². The van der Waals surface area contributed by atoms with E-state index < -0.39 is 18.3 Å². The van der Waals surface area contributed by atoms with Gasteiger partial charge in [-0.25, -0.2) is 0 Å². The Morgan fingerprint density at radius 2 is 1.92 bits per heavy atom. The summed E-state index contributed by atoms with van der Waals surface area (Å²) in [6.07, 6.45) is -2.90. The molecule has 0 aliphatic carbocycles. The van der Waals surface area contributed by atoms with Crippen LogP contribution in [0.15, 0.2) is 0 Å². The van der Waals surface area contributed by atoms with Gasteiger partial charge in [-0.2, -0.15) is 0 Å². The van der Waals surface area contributed by atoms with E-state index in [0.29, 0.717) is 6.54 Å². The zero-order valence-corrected chi connectivity index (χ0v) is 6.72. The monoisotopic (exact) mass is 174 g/mol. The lowest BCUT2D eigenvalue weighted by atomic mass is 10.00. The van der Waals surface area contributed by atoms with E-state index in [0.717, 1.165) is 13.1 Å². The van der Waals surface area contributed by atoms with Crippen molar-refractivity contribution < 1.29 is 15.3 Å². The summed E-state index contributed by atoms with van der Waals surface area (Å²) >= 11 is 0. The fraction of sp³-hybridized carbons (Fsp3) is 1.00. The van der Waals surface area contributed by atoms with Gasteiger partial charge >= 0.3 is 0 Å². The molecule has 0 aromatic heterocycles. The maximum atomic E-state index is 9.50. The number of fused-ring (bicyclic) bond motifs is 1. The quantitative estimate of drug-likeness (QED) is 0.322. The van der Waals surface area contributed by atoms with Crippen molar-refractivity contribution in [2.24, 2.45) is 0 Å². The third-order valence-corrected chi connectivity index (χ3v) is 2.64. The van der Waals surface area contributed by atoms with E-state index in [4.69, 9.17) is 0 Å². The second kappa shape index (κ2) is 2.93. The Morgan fingerprint density at radius 1 is 1.17 bits per heavy atom. The van der Waals surface area contributed by atoms with Crippen LogP contribution in [0.3, 0.4) is 0 Å². The Morgan fingerprint density at radius 3 is 2.67 bits per heavy atom. The maximum absolute atomic E-state index is 9.50. The van der Waals surface area contributed by atoms with Crippen LogP contribution in [0.2, 0.25) is 0 Å². The number of nitrogens with one attached hydrogen (secondary N) is 1. The second-order valence-corrected chi connectivity index (χ2v) is 3.44. The van der Waals surface area contributed by atoms with Crippen molar-refractivity contribution in [2.45, 2.75) is 24.5 Å². The predicted molar refractivity (Wildman–Crippen MR) is 41.4 cm³/mol. The van der Waals surface area contributed by atoms with Crippen molar-refractivity contribution in [3.63, 3.8) is 0 Å². The zero-order valence-electron chi connectivity index (χ0n) is 6.72. The molecular weight excluding hydrogens is 160 g/mol. The highest BCUT2D eigenvalue weighted by Crippen LogP contribution is 2.19. The third-order valence-electron chi connectivity index (χ3n) is 2.64. The minimum absolute atomic E-state index is 0.177. The summed E-state index contributed by atoms with van der Waals surface area (Å²) in [6, 6.07) is 0. The summed E-state index contributed by atoms with van der Waals surface area (Å²) in [4.78, 5) is 1.95. The molecule has 0 aromatic rings. The van der Waals surface area contributed by atoms with Gasteiger partial charge in [0.05, 0.1) is 12.3 Å². The van der Waals surface area contributed by atoms with Gasteiger partial charge in [-0.3, -0.25) is 10.2 Å². The molecule has 0 bridgehead atoms. The summed E-state index contributed by atoms with van der Waals surface area (Å²) in [6.45, 7) is 2.07. The minimum atomic E-state index is -1.02. The predicted octanol–water partition coefficient (Wildman–Crippen LogP) is -2.69. The average molecular weight is 174 g/mol. The molecule has 2 fully saturated rings. The summed E-state index contributed by atoms with van der Waals surface area (Å²) in [5.41, 5.74) is 0. The van der Waals surface area contributed by atoms with Gasteiger partial charge in [-0.15, -0.1) is 0 Å². The molecule has 0 radical (unpaired) electrons. The van der Waals surface area contributed by atoms with Crippen LogP contribution in [0.4, 0.5) is 0 Å². The lowest BCUT2D eigenvalue weighted by molar-refractivity contribution is -0.131. The Bertz CT molecular complexity index is 178. The highest BCUT2D eigenvalue weighted by molar-refractivity contribution is 4.96.